The summed E-state index contributed by atoms with van der Waals surface area (Å²) in [4.78, 5) is 11.1. The molecule has 7 heteroatoms. The number of aliphatic imine (C=N–C) groups is 1. The van der Waals surface area contributed by atoms with Gasteiger partial charge in [0.1, 0.15) is 11.9 Å². The largest absolute Gasteiger partial charge is 0.496 e. The van der Waals surface area contributed by atoms with E-state index < -0.39 is 0 Å². The first-order chi connectivity index (χ1) is 12.9. The molecule has 1 heterocycles. The number of rotatable bonds is 6. The zero-order valence-electron chi connectivity index (χ0n) is 15.9. The molecule has 3 rings (SSSR count). The van der Waals surface area contributed by atoms with Crippen LogP contribution in [0.1, 0.15) is 23.7 Å². The molecule has 1 atom stereocenters. The predicted molar refractivity (Wildman–Crippen MR) is 116 cm³/mol. The minimum atomic E-state index is 0.0581. The topological polar surface area (TPSA) is 47.0 Å². The van der Waals surface area contributed by atoms with Gasteiger partial charge in [-0.25, -0.2) is 9.98 Å². The summed E-state index contributed by atoms with van der Waals surface area (Å²) in [6.45, 7) is 4.93. The van der Waals surface area contributed by atoms with Crippen LogP contribution in [0.25, 0.3) is 0 Å². The average molecular weight is 497 g/mol. The van der Waals surface area contributed by atoms with Crippen molar-refractivity contribution in [3.8, 4) is 11.6 Å². The van der Waals surface area contributed by atoms with Gasteiger partial charge < -0.3 is 14.4 Å². The summed E-state index contributed by atoms with van der Waals surface area (Å²) < 4.78 is 13.4. The first-order valence-corrected chi connectivity index (χ1v) is 10.4. The van der Waals surface area contributed by atoms with Crippen molar-refractivity contribution < 1.29 is 9.47 Å². The number of ether oxygens (including phenoxy) is 2. The fraction of sp³-hybridized carbons (Fsp3) is 0.400. The van der Waals surface area contributed by atoms with Gasteiger partial charge in [-0.15, -0.1) is 0 Å². The first kappa shape index (κ1) is 20.1. The van der Waals surface area contributed by atoms with E-state index >= 15 is 0 Å². The number of hydrogen-bond acceptors (Lipinski definition) is 4. The molecule has 27 heavy (non-hydrogen) atoms. The highest BCUT2D eigenvalue weighted by atomic mass is 79.9. The Morgan fingerprint density at radius 1 is 1.22 bits per heavy atom. The molecule has 1 aliphatic carbocycles. The van der Waals surface area contributed by atoms with E-state index in [0.29, 0.717) is 5.88 Å². The second-order valence-electron chi connectivity index (χ2n) is 6.60. The van der Waals surface area contributed by atoms with Crippen LogP contribution in [0.2, 0.25) is 0 Å². The van der Waals surface area contributed by atoms with E-state index in [-0.39, 0.29) is 6.10 Å². The van der Waals surface area contributed by atoms with E-state index in [1.807, 2.05) is 31.3 Å². The molecule has 1 unspecified atom stereocenters. The van der Waals surface area contributed by atoms with Crippen molar-refractivity contribution in [1.29, 1.82) is 0 Å². The van der Waals surface area contributed by atoms with Crippen molar-refractivity contribution in [2.45, 2.75) is 32.8 Å². The molecule has 0 spiro atoms. The molecule has 0 amide bonds. The maximum absolute atomic E-state index is 6.21. The van der Waals surface area contributed by atoms with Gasteiger partial charge >= 0.3 is 0 Å². The molecule has 144 valence electrons. The quantitative estimate of drug-likeness (QED) is 0.413. The summed E-state index contributed by atoms with van der Waals surface area (Å²) in [7, 11) is 3.67. The van der Waals surface area contributed by atoms with Crippen LogP contribution in [0.4, 0.5) is 5.69 Å². The van der Waals surface area contributed by atoms with E-state index in [4.69, 9.17) is 9.47 Å². The Balaban J connectivity index is 1.75. The van der Waals surface area contributed by atoms with Gasteiger partial charge in [0.2, 0.25) is 5.88 Å². The van der Waals surface area contributed by atoms with Crippen molar-refractivity contribution in [3.63, 3.8) is 0 Å². The van der Waals surface area contributed by atoms with E-state index in [9.17, 15) is 0 Å². The Morgan fingerprint density at radius 3 is 2.59 bits per heavy atom. The lowest BCUT2D eigenvalue weighted by Crippen LogP contribution is -2.17. The van der Waals surface area contributed by atoms with Crippen LogP contribution < -0.4 is 9.47 Å². The third-order valence-electron chi connectivity index (χ3n) is 4.65. The Bertz CT molecular complexity index is 871. The molecule has 1 aromatic carbocycles. The molecule has 2 aromatic rings. The third-order valence-corrected chi connectivity index (χ3v) is 5.84. The van der Waals surface area contributed by atoms with Crippen LogP contribution in [0, 0.1) is 6.92 Å². The smallest absolute Gasteiger partial charge is 0.228 e. The minimum absolute atomic E-state index is 0.0581. The van der Waals surface area contributed by atoms with Crippen LogP contribution >= 0.6 is 31.9 Å². The molecule has 0 aliphatic heterocycles. The molecule has 0 N–H and O–H groups in total. The molecule has 0 saturated carbocycles. The predicted octanol–water partition coefficient (Wildman–Crippen LogP) is 5.08. The van der Waals surface area contributed by atoms with Crippen LogP contribution in [-0.2, 0) is 12.8 Å². The maximum atomic E-state index is 6.21. The number of pyridine rings is 1. The minimum Gasteiger partial charge on any atom is -0.496 e. The number of methoxy groups -OCH3 is 1. The second-order valence-corrected chi connectivity index (χ2v) is 8.31. The van der Waals surface area contributed by atoms with Gasteiger partial charge in [0.15, 0.2) is 0 Å². The standard InChI is InChI=1S/C20H23Br2N3O2/c1-5-25(3)11-23-18-10-17(22)20(24-12(18)2)27-15-6-13-8-16(21)19(26-4)9-14(13)7-15/h8-11,15H,5-7H2,1-4H3. The number of nitrogens with zero attached hydrogens (tertiary/aromatic N) is 3. The molecule has 0 fully saturated rings. The molecule has 0 radical (unpaired) electrons. The van der Waals surface area contributed by atoms with Gasteiger partial charge in [-0.1, -0.05) is 0 Å². The van der Waals surface area contributed by atoms with Gasteiger partial charge in [-0.2, -0.15) is 0 Å². The lowest BCUT2D eigenvalue weighted by Gasteiger charge is -2.15. The lowest BCUT2D eigenvalue weighted by atomic mass is 10.1. The number of hydrogen-bond donors (Lipinski definition) is 0. The highest BCUT2D eigenvalue weighted by Crippen LogP contribution is 2.36. The summed E-state index contributed by atoms with van der Waals surface area (Å²) in [6, 6.07) is 6.16. The zero-order valence-corrected chi connectivity index (χ0v) is 19.1. The third kappa shape index (κ3) is 4.63. The normalized spacial score (nSPS) is 15.9. The highest BCUT2D eigenvalue weighted by Gasteiger charge is 2.26. The molecule has 0 saturated heterocycles. The van der Waals surface area contributed by atoms with Crippen LogP contribution in [-0.4, -0.2) is 43.0 Å². The van der Waals surface area contributed by atoms with E-state index in [2.05, 4.69) is 60.9 Å². The summed E-state index contributed by atoms with van der Waals surface area (Å²) >= 11 is 7.13. The number of aryl methyl sites for hydroxylation is 1. The summed E-state index contributed by atoms with van der Waals surface area (Å²) in [5.74, 6) is 1.46. The summed E-state index contributed by atoms with van der Waals surface area (Å²) in [5.41, 5.74) is 4.22. The van der Waals surface area contributed by atoms with Gasteiger partial charge in [0.05, 0.1) is 33.8 Å². The Hall–Kier alpha value is -1.60. The van der Waals surface area contributed by atoms with Crippen LogP contribution in [0.15, 0.2) is 32.1 Å². The number of halogens is 2. The van der Waals surface area contributed by atoms with Crippen molar-refractivity contribution in [1.82, 2.24) is 9.88 Å². The Kier molecular flexibility index (Phi) is 6.42. The van der Waals surface area contributed by atoms with Crippen LogP contribution in [0.5, 0.6) is 11.6 Å². The summed E-state index contributed by atoms with van der Waals surface area (Å²) in [5, 5.41) is 0. The number of aromatic nitrogens is 1. The Morgan fingerprint density at radius 2 is 1.93 bits per heavy atom. The van der Waals surface area contributed by atoms with E-state index in [1.54, 1.807) is 7.11 Å². The monoisotopic (exact) mass is 495 g/mol. The van der Waals surface area contributed by atoms with Gasteiger partial charge in [0, 0.05) is 26.4 Å². The zero-order chi connectivity index (χ0) is 19.6. The molecule has 1 aromatic heterocycles. The average Bonchev–Trinajstić information content (AvgIpc) is 3.03. The van der Waals surface area contributed by atoms with Crippen LogP contribution in [0.3, 0.4) is 0 Å². The number of benzene rings is 1. The fourth-order valence-corrected chi connectivity index (χ4v) is 3.93. The van der Waals surface area contributed by atoms with Gasteiger partial charge in [-0.05, 0) is 75.0 Å². The molecule has 1 aliphatic rings. The maximum Gasteiger partial charge on any atom is 0.228 e. The molecular formula is C20H23Br2N3O2. The molecule has 0 bridgehead atoms. The number of fused-ring (bicyclic) bond motifs is 1. The fourth-order valence-electron chi connectivity index (χ4n) is 2.98. The molecular weight excluding hydrogens is 474 g/mol. The lowest BCUT2D eigenvalue weighted by molar-refractivity contribution is 0.203. The molecule has 5 nitrogen and oxygen atoms in total. The van der Waals surface area contributed by atoms with Crippen molar-refractivity contribution >= 4 is 43.9 Å². The van der Waals surface area contributed by atoms with Crippen molar-refractivity contribution in [3.05, 3.63) is 44.0 Å². The van der Waals surface area contributed by atoms with Crippen molar-refractivity contribution in [2.75, 3.05) is 20.7 Å². The van der Waals surface area contributed by atoms with Gasteiger partial charge in [0.25, 0.3) is 0 Å². The second kappa shape index (κ2) is 8.61. The van der Waals surface area contributed by atoms with E-state index in [1.165, 1.54) is 11.1 Å². The Labute approximate surface area is 177 Å². The summed E-state index contributed by atoms with van der Waals surface area (Å²) in [6.07, 6.45) is 3.57. The van der Waals surface area contributed by atoms with Crippen molar-refractivity contribution in [2.24, 2.45) is 4.99 Å². The highest BCUT2D eigenvalue weighted by molar-refractivity contribution is 9.10. The SMILES string of the molecule is CCN(C)C=Nc1cc(Br)c(OC2Cc3cc(Br)c(OC)cc3C2)nc1C. The van der Waals surface area contributed by atoms with Gasteiger partial charge in [-0.3, -0.25) is 0 Å². The van der Waals surface area contributed by atoms with E-state index in [0.717, 1.165) is 45.5 Å². The first-order valence-electron chi connectivity index (χ1n) is 8.84.